The second-order valence-electron chi connectivity index (χ2n) is 6.16. The van der Waals surface area contributed by atoms with E-state index in [0.717, 1.165) is 16.3 Å². The highest BCUT2D eigenvalue weighted by atomic mass is 19.1. The third-order valence-electron chi connectivity index (χ3n) is 4.31. The zero-order valence-corrected chi connectivity index (χ0v) is 14.7. The molecule has 3 aromatic carbocycles. The summed E-state index contributed by atoms with van der Waals surface area (Å²) in [5.74, 6) is 0.318. The van der Waals surface area contributed by atoms with E-state index in [4.69, 9.17) is 4.74 Å². The molecular weight excluding hydrogens is 329 g/mol. The summed E-state index contributed by atoms with van der Waals surface area (Å²) in [6, 6.07) is 20.1. The Labute approximate surface area is 152 Å². The standard InChI is InChI=1S/C22H22FNO2/c1-2-20(22(25)24-15-14-16-10-12-18(23)13-11-16)26-21-9-5-7-17-6-3-4-8-19(17)21/h3-13,20H,2,14-15H2,1H3,(H,24,25)/t20-/m0/s1. The van der Waals surface area contributed by atoms with Gasteiger partial charge in [0.25, 0.3) is 5.91 Å². The van der Waals surface area contributed by atoms with Crippen LogP contribution < -0.4 is 10.1 Å². The average molecular weight is 351 g/mol. The molecule has 0 saturated heterocycles. The molecule has 1 atom stereocenters. The van der Waals surface area contributed by atoms with Crippen LogP contribution in [0.1, 0.15) is 18.9 Å². The van der Waals surface area contributed by atoms with Gasteiger partial charge in [0.1, 0.15) is 11.6 Å². The Morgan fingerprint density at radius 2 is 1.77 bits per heavy atom. The molecule has 134 valence electrons. The molecule has 3 nitrogen and oxygen atoms in total. The van der Waals surface area contributed by atoms with E-state index in [0.29, 0.717) is 25.1 Å². The maximum absolute atomic E-state index is 12.9. The first-order valence-corrected chi connectivity index (χ1v) is 8.84. The molecule has 0 fully saturated rings. The number of hydrogen-bond acceptors (Lipinski definition) is 2. The summed E-state index contributed by atoms with van der Waals surface area (Å²) in [5.41, 5.74) is 0.981. The van der Waals surface area contributed by atoms with E-state index >= 15 is 0 Å². The van der Waals surface area contributed by atoms with Gasteiger partial charge in [-0.3, -0.25) is 4.79 Å². The highest BCUT2D eigenvalue weighted by molar-refractivity contribution is 5.89. The summed E-state index contributed by atoms with van der Waals surface area (Å²) in [6.07, 6.45) is 0.677. The quantitative estimate of drug-likeness (QED) is 0.681. The van der Waals surface area contributed by atoms with Gasteiger partial charge < -0.3 is 10.1 Å². The van der Waals surface area contributed by atoms with Crippen LogP contribution in [0.5, 0.6) is 5.75 Å². The third-order valence-corrected chi connectivity index (χ3v) is 4.31. The molecule has 1 N–H and O–H groups in total. The van der Waals surface area contributed by atoms with Crippen molar-refractivity contribution >= 4 is 16.7 Å². The lowest BCUT2D eigenvalue weighted by atomic mass is 10.1. The van der Waals surface area contributed by atoms with Crippen LogP contribution in [0.2, 0.25) is 0 Å². The fraction of sp³-hybridized carbons (Fsp3) is 0.227. The lowest BCUT2D eigenvalue weighted by Crippen LogP contribution is -2.39. The molecule has 0 aliphatic heterocycles. The van der Waals surface area contributed by atoms with Crippen LogP contribution in [0.3, 0.4) is 0 Å². The molecule has 0 aliphatic carbocycles. The van der Waals surface area contributed by atoms with E-state index in [1.54, 1.807) is 12.1 Å². The van der Waals surface area contributed by atoms with Crippen molar-refractivity contribution in [3.63, 3.8) is 0 Å². The van der Waals surface area contributed by atoms with Gasteiger partial charge in [-0.1, -0.05) is 55.5 Å². The van der Waals surface area contributed by atoms with Crippen molar-refractivity contribution in [2.75, 3.05) is 6.54 Å². The maximum atomic E-state index is 12.9. The summed E-state index contributed by atoms with van der Waals surface area (Å²) in [5, 5.41) is 4.98. The molecule has 0 saturated carbocycles. The molecule has 3 aromatic rings. The highest BCUT2D eigenvalue weighted by Gasteiger charge is 2.18. The maximum Gasteiger partial charge on any atom is 0.261 e. The van der Waals surface area contributed by atoms with Crippen molar-refractivity contribution in [3.05, 3.63) is 78.1 Å². The zero-order valence-electron chi connectivity index (χ0n) is 14.7. The number of nitrogens with one attached hydrogen (secondary N) is 1. The second kappa shape index (κ2) is 8.48. The molecule has 0 aromatic heterocycles. The summed E-state index contributed by atoms with van der Waals surface area (Å²) in [4.78, 5) is 12.5. The van der Waals surface area contributed by atoms with Gasteiger partial charge in [-0.25, -0.2) is 4.39 Å². The van der Waals surface area contributed by atoms with E-state index in [1.807, 2.05) is 49.4 Å². The van der Waals surface area contributed by atoms with Crippen molar-refractivity contribution in [3.8, 4) is 5.75 Å². The summed E-state index contributed by atoms with van der Waals surface area (Å²) < 4.78 is 18.9. The van der Waals surface area contributed by atoms with Gasteiger partial charge >= 0.3 is 0 Å². The van der Waals surface area contributed by atoms with Gasteiger partial charge in [0.15, 0.2) is 6.10 Å². The average Bonchev–Trinajstić information content (AvgIpc) is 2.67. The van der Waals surface area contributed by atoms with Gasteiger partial charge in [0, 0.05) is 11.9 Å². The topological polar surface area (TPSA) is 38.3 Å². The number of ether oxygens (including phenoxy) is 1. The molecule has 3 rings (SSSR count). The number of fused-ring (bicyclic) bond motifs is 1. The Balaban J connectivity index is 1.60. The number of amides is 1. The van der Waals surface area contributed by atoms with Gasteiger partial charge in [-0.15, -0.1) is 0 Å². The summed E-state index contributed by atoms with van der Waals surface area (Å²) in [7, 11) is 0. The third kappa shape index (κ3) is 4.39. The number of benzene rings is 3. The van der Waals surface area contributed by atoms with E-state index < -0.39 is 6.10 Å². The monoisotopic (exact) mass is 351 g/mol. The van der Waals surface area contributed by atoms with Gasteiger partial charge in [0.2, 0.25) is 0 Å². The van der Waals surface area contributed by atoms with Gasteiger partial charge in [-0.05, 0) is 42.0 Å². The van der Waals surface area contributed by atoms with Crippen molar-refractivity contribution in [2.24, 2.45) is 0 Å². The minimum atomic E-state index is -0.547. The molecule has 0 radical (unpaired) electrons. The Morgan fingerprint density at radius 1 is 1.04 bits per heavy atom. The lowest BCUT2D eigenvalue weighted by Gasteiger charge is -2.18. The first-order valence-electron chi connectivity index (χ1n) is 8.84. The Kier molecular flexibility index (Phi) is 5.84. The molecule has 0 spiro atoms. The van der Waals surface area contributed by atoms with Gasteiger partial charge in [0.05, 0.1) is 0 Å². The smallest absolute Gasteiger partial charge is 0.261 e. The number of rotatable bonds is 7. The van der Waals surface area contributed by atoms with Crippen molar-refractivity contribution in [1.29, 1.82) is 0 Å². The minimum Gasteiger partial charge on any atom is -0.480 e. The molecular formula is C22H22FNO2. The van der Waals surface area contributed by atoms with Crippen LogP contribution in [0.25, 0.3) is 10.8 Å². The fourth-order valence-electron chi connectivity index (χ4n) is 2.87. The second-order valence-corrected chi connectivity index (χ2v) is 6.16. The SMILES string of the molecule is CC[C@H](Oc1cccc2ccccc12)C(=O)NCCc1ccc(F)cc1. The molecule has 1 amide bonds. The zero-order chi connectivity index (χ0) is 18.4. The Morgan fingerprint density at radius 3 is 2.54 bits per heavy atom. The van der Waals surface area contributed by atoms with Crippen molar-refractivity contribution in [2.45, 2.75) is 25.9 Å². The van der Waals surface area contributed by atoms with E-state index in [-0.39, 0.29) is 11.7 Å². The van der Waals surface area contributed by atoms with Crippen LogP contribution >= 0.6 is 0 Å². The fourth-order valence-corrected chi connectivity index (χ4v) is 2.87. The molecule has 4 heteroatoms. The van der Waals surface area contributed by atoms with Crippen LogP contribution in [0.15, 0.2) is 66.7 Å². The number of halogens is 1. The molecule has 26 heavy (non-hydrogen) atoms. The Hall–Kier alpha value is -2.88. The van der Waals surface area contributed by atoms with E-state index in [9.17, 15) is 9.18 Å². The van der Waals surface area contributed by atoms with E-state index in [2.05, 4.69) is 5.32 Å². The Bertz CT molecular complexity index is 871. The largest absolute Gasteiger partial charge is 0.480 e. The van der Waals surface area contributed by atoms with Crippen LogP contribution in [-0.2, 0) is 11.2 Å². The van der Waals surface area contributed by atoms with Crippen LogP contribution in [0, 0.1) is 5.82 Å². The number of carbonyl (C=O) groups excluding carboxylic acids is 1. The number of carbonyl (C=O) groups is 1. The minimum absolute atomic E-state index is 0.137. The lowest BCUT2D eigenvalue weighted by molar-refractivity contribution is -0.128. The molecule has 0 unspecified atom stereocenters. The first-order chi connectivity index (χ1) is 12.7. The molecule has 0 bridgehead atoms. The molecule has 0 heterocycles. The highest BCUT2D eigenvalue weighted by Crippen LogP contribution is 2.26. The van der Waals surface area contributed by atoms with Crippen LogP contribution in [-0.4, -0.2) is 18.6 Å². The van der Waals surface area contributed by atoms with Gasteiger partial charge in [-0.2, -0.15) is 0 Å². The van der Waals surface area contributed by atoms with Crippen molar-refractivity contribution < 1.29 is 13.9 Å². The summed E-state index contributed by atoms with van der Waals surface area (Å²) >= 11 is 0. The number of hydrogen-bond donors (Lipinski definition) is 1. The summed E-state index contributed by atoms with van der Waals surface area (Å²) in [6.45, 7) is 2.41. The first kappa shape index (κ1) is 17.9. The predicted molar refractivity (Wildman–Crippen MR) is 102 cm³/mol. The normalized spacial score (nSPS) is 11.9. The molecule has 0 aliphatic rings. The van der Waals surface area contributed by atoms with Crippen molar-refractivity contribution in [1.82, 2.24) is 5.32 Å². The van der Waals surface area contributed by atoms with Crippen LogP contribution in [0.4, 0.5) is 4.39 Å². The predicted octanol–water partition coefficient (Wildman–Crippen LogP) is 4.50. The van der Waals surface area contributed by atoms with E-state index in [1.165, 1.54) is 12.1 Å².